The van der Waals surface area contributed by atoms with Crippen molar-refractivity contribution in [2.45, 2.75) is 52.1 Å². The number of aromatic carboxylic acids is 1. The summed E-state index contributed by atoms with van der Waals surface area (Å²) in [7, 11) is 0. The minimum Gasteiger partial charge on any atom is -0.476 e. The molecule has 1 unspecified atom stereocenters. The van der Waals surface area contributed by atoms with Crippen LogP contribution < -0.4 is 15.8 Å². The molecule has 1 aromatic carbocycles. The van der Waals surface area contributed by atoms with Crippen LogP contribution in [0.25, 0.3) is 10.9 Å². The van der Waals surface area contributed by atoms with Gasteiger partial charge in [0.2, 0.25) is 5.95 Å². The summed E-state index contributed by atoms with van der Waals surface area (Å²) in [6.45, 7) is 6.04. The van der Waals surface area contributed by atoms with Gasteiger partial charge in [-0.25, -0.2) is 23.5 Å². The molecule has 0 saturated carbocycles. The molecule has 0 bridgehead atoms. The van der Waals surface area contributed by atoms with E-state index in [4.69, 9.17) is 16.6 Å². The van der Waals surface area contributed by atoms with Crippen molar-refractivity contribution in [2.75, 3.05) is 23.3 Å². The van der Waals surface area contributed by atoms with Crippen molar-refractivity contribution in [3.8, 4) is 0 Å². The number of fused-ring (bicyclic) bond motifs is 1. The highest BCUT2D eigenvalue weighted by Gasteiger charge is 2.35. The van der Waals surface area contributed by atoms with Gasteiger partial charge in [0.1, 0.15) is 5.15 Å². The lowest BCUT2D eigenvalue weighted by atomic mass is 10.0. The average molecular weight is 506 g/mol. The van der Waals surface area contributed by atoms with Crippen LogP contribution in [0.2, 0.25) is 5.15 Å². The number of aryl methyl sites for hydroxylation is 1. The first-order valence-electron chi connectivity index (χ1n) is 11.3. The van der Waals surface area contributed by atoms with Gasteiger partial charge >= 0.3 is 5.97 Å². The normalized spacial score (nSPS) is 16.3. The number of nitrogens with zero attached hydrogens (tertiary/aromatic N) is 4. The highest BCUT2D eigenvalue weighted by Crippen LogP contribution is 2.32. The van der Waals surface area contributed by atoms with E-state index in [0.717, 1.165) is 5.56 Å². The zero-order valence-corrected chi connectivity index (χ0v) is 20.4. The van der Waals surface area contributed by atoms with Crippen LogP contribution in [0.4, 0.5) is 20.4 Å². The Balaban J connectivity index is 1.82. The number of nitrogens with one attached hydrogen (secondary N) is 1. The number of carbonyl (C=O) groups is 1. The Morgan fingerprint density at radius 3 is 2.57 bits per heavy atom. The van der Waals surface area contributed by atoms with Crippen LogP contribution >= 0.6 is 11.6 Å². The van der Waals surface area contributed by atoms with Gasteiger partial charge < -0.3 is 15.3 Å². The fourth-order valence-corrected chi connectivity index (χ4v) is 4.55. The molecule has 1 aliphatic rings. The van der Waals surface area contributed by atoms with Crippen LogP contribution in [-0.2, 0) is 6.54 Å². The summed E-state index contributed by atoms with van der Waals surface area (Å²) in [5, 5.41) is 13.1. The Morgan fingerprint density at radius 2 is 1.94 bits per heavy atom. The van der Waals surface area contributed by atoms with E-state index < -0.39 is 17.9 Å². The summed E-state index contributed by atoms with van der Waals surface area (Å²) in [6.07, 6.45) is -0.601. The van der Waals surface area contributed by atoms with E-state index in [9.17, 15) is 23.5 Å². The van der Waals surface area contributed by atoms with Crippen molar-refractivity contribution in [1.82, 2.24) is 14.5 Å². The zero-order chi connectivity index (χ0) is 25.5. The van der Waals surface area contributed by atoms with Crippen LogP contribution in [0.1, 0.15) is 54.3 Å². The number of benzene rings is 1. The van der Waals surface area contributed by atoms with Crippen molar-refractivity contribution >= 4 is 40.1 Å². The molecule has 2 N–H and O–H groups in total. The van der Waals surface area contributed by atoms with Crippen molar-refractivity contribution < 1.29 is 18.7 Å². The zero-order valence-electron chi connectivity index (χ0n) is 19.6. The minimum atomic E-state index is -2.72. The van der Waals surface area contributed by atoms with Crippen LogP contribution in [-0.4, -0.2) is 44.6 Å². The highest BCUT2D eigenvalue weighted by atomic mass is 35.5. The minimum absolute atomic E-state index is 0.0557. The SMILES string of the molecule is CCn1c(N2CCC(F)(F)CC2)nc2c(C(C)Nc3ccc(Cl)nc3C(=O)O)cc(C)cc2c1=O. The summed E-state index contributed by atoms with van der Waals surface area (Å²) in [4.78, 5) is 35.5. The third-order valence-electron chi connectivity index (χ3n) is 6.21. The van der Waals surface area contributed by atoms with Crippen LogP contribution in [0.5, 0.6) is 0 Å². The lowest BCUT2D eigenvalue weighted by Gasteiger charge is -2.33. The molecular weight excluding hydrogens is 480 g/mol. The highest BCUT2D eigenvalue weighted by molar-refractivity contribution is 6.29. The predicted octanol–water partition coefficient (Wildman–Crippen LogP) is 4.88. The molecule has 186 valence electrons. The molecule has 2 aromatic heterocycles. The number of carboxylic acids is 1. The summed E-state index contributed by atoms with van der Waals surface area (Å²) in [6, 6.07) is 6.19. The second kappa shape index (κ2) is 9.41. The second-order valence-corrected chi connectivity index (χ2v) is 9.14. The first-order chi connectivity index (χ1) is 16.5. The number of alkyl halides is 2. The number of hydrogen-bond acceptors (Lipinski definition) is 6. The van der Waals surface area contributed by atoms with Gasteiger partial charge in [0.15, 0.2) is 5.69 Å². The van der Waals surface area contributed by atoms with Crippen LogP contribution in [0.3, 0.4) is 0 Å². The predicted molar refractivity (Wildman–Crippen MR) is 131 cm³/mol. The fourth-order valence-electron chi connectivity index (χ4n) is 4.41. The van der Waals surface area contributed by atoms with Gasteiger partial charge in [-0.1, -0.05) is 17.7 Å². The van der Waals surface area contributed by atoms with E-state index >= 15 is 0 Å². The molecule has 0 radical (unpaired) electrons. The molecule has 1 atom stereocenters. The number of anilines is 2. The monoisotopic (exact) mass is 505 g/mol. The average Bonchev–Trinajstić information content (AvgIpc) is 2.80. The molecule has 11 heteroatoms. The second-order valence-electron chi connectivity index (χ2n) is 8.76. The van der Waals surface area contributed by atoms with Crippen LogP contribution in [0, 0.1) is 6.92 Å². The summed E-state index contributed by atoms with van der Waals surface area (Å²) in [5.41, 5.74) is 1.75. The fraction of sp³-hybridized carbons (Fsp3) is 0.417. The molecule has 1 aliphatic heterocycles. The quantitative estimate of drug-likeness (QED) is 0.460. The van der Waals surface area contributed by atoms with E-state index in [1.54, 1.807) is 11.0 Å². The summed E-state index contributed by atoms with van der Waals surface area (Å²) in [5.74, 6) is -3.60. The van der Waals surface area contributed by atoms with Gasteiger partial charge in [0.05, 0.1) is 22.6 Å². The number of piperidine rings is 1. The molecule has 0 spiro atoms. The Labute approximate surface area is 205 Å². The van der Waals surface area contributed by atoms with Gasteiger partial charge in [-0.05, 0) is 44.5 Å². The van der Waals surface area contributed by atoms with E-state index in [1.807, 2.05) is 26.8 Å². The Morgan fingerprint density at radius 1 is 1.26 bits per heavy atom. The third kappa shape index (κ3) is 4.93. The Kier molecular flexibility index (Phi) is 6.68. The maximum atomic E-state index is 13.8. The Hall–Kier alpha value is -3.27. The lowest BCUT2D eigenvalue weighted by molar-refractivity contribution is -0.0223. The molecular formula is C24H26ClF2N5O3. The smallest absolute Gasteiger partial charge is 0.356 e. The number of pyridine rings is 1. The van der Waals surface area contributed by atoms with Crippen LogP contribution in [0.15, 0.2) is 29.1 Å². The van der Waals surface area contributed by atoms with Gasteiger partial charge in [-0.3, -0.25) is 9.36 Å². The van der Waals surface area contributed by atoms with Crippen molar-refractivity contribution in [3.63, 3.8) is 0 Å². The van der Waals surface area contributed by atoms with Crippen molar-refractivity contribution in [1.29, 1.82) is 0 Å². The van der Waals surface area contributed by atoms with Gasteiger partial charge in [0, 0.05) is 38.0 Å². The lowest BCUT2D eigenvalue weighted by Crippen LogP contribution is -2.42. The maximum Gasteiger partial charge on any atom is 0.356 e. The van der Waals surface area contributed by atoms with E-state index in [2.05, 4.69) is 10.3 Å². The molecule has 35 heavy (non-hydrogen) atoms. The van der Waals surface area contributed by atoms with Gasteiger partial charge in [-0.2, -0.15) is 0 Å². The van der Waals surface area contributed by atoms with E-state index in [0.29, 0.717) is 29.0 Å². The molecule has 3 heterocycles. The third-order valence-corrected chi connectivity index (χ3v) is 6.42. The number of hydrogen-bond donors (Lipinski definition) is 2. The Bertz CT molecular complexity index is 1350. The topological polar surface area (TPSA) is 100 Å². The molecule has 4 rings (SSSR count). The number of carboxylic acid groups (broad SMARTS) is 1. The molecule has 1 saturated heterocycles. The van der Waals surface area contributed by atoms with Gasteiger partial charge in [0.25, 0.3) is 11.5 Å². The van der Waals surface area contributed by atoms with Crippen molar-refractivity contribution in [2.24, 2.45) is 0 Å². The molecule has 0 amide bonds. The number of aromatic nitrogens is 3. The van der Waals surface area contributed by atoms with E-state index in [-0.39, 0.29) is 48.0 Å². The molecule has 1 fully saturated rings. The molecule has 0 aliphatic carbocycles. The summed E-state index contributed by atoms with van der Waals surface area (Å²) < 4.78 is 29.0. The van der Waals surface area contributed by atoms with Crippen molar-refractivity contribution in [3.05, 3.63) is 56.6 Å². The molecule has 3 aromatic rings. The summed E-state index contributed by atoms with van der Waals surface area (Å²) >= 11 is 5.87. The van der Waals surface area contributed by atoms with Gasteiger partial charge in [-0.15, -0.1) is 0 Å². The largest absolute Gasteiger partial charge is 0.476 e. The molecule has 8 nitrogen and oxygen atoms in total. The number of halogens is 3. The number of rotatable bonds is 6. The standard InChI is InChI=1S/C24H26ClF2N5O3/c1-4-32-21(33)16-12-13(2)11-15(14(3)28-17-5-6-18(25)29-20(17)22(34)35)19(16)30-23(32)31-9-7-24(26,27)8-10-31/h5-6,11-12,14,28H,4,7-10H2,1-3H3,(H,34,35). The maximum absolute atomic E-state index is 13.8. The first kappa shape index (κ1) is 24.8. The van der Waals surface area contributed by atoms with E-state index in [1.165, 1.54) is 16.7 Å². The first-order valence-corrected chi connectivity index (χ1v) is 11.7.